The van der Waals surface area contributed by atoms with Crippen molar-refractivity contribution in [2.75, 3.05) is 50.8 Å². The Morgan fingerprint density at radius 1 is 0.640 bits per heavy atom. The van der Waals surface area contributed by atoms with E-state index in [9.17, 15) is 72.2 Å². The highest BCUT2D eigenvalue weighted by Crippen LogP contribution is 2.26. The van der Waals surface area contributed by atoms with Crippen molar-refractivity contribution in [3.63, 3.8) is 0 Å². The molecule has 2 aromatic rings. The number of unbranched alkanes of at least 4 members (excludes halogenated alkanes) is 1. The first kappa shape index (κ1) is 74.2. The van der Waals surface area contributed by atoms with Crippen LogP contribution in [0.2, 0.25) is 0 Å². The predicted molar refractivity (Wildman–Crippen MR) is 321 cm³/mol. The minimum atomic E-state index is -1.87. The number of nitrogens with zero attached hydrogens (tertiary/aromatic N) is 1. The number of hydrogen-bond donors (Lipinski definition) is 17. The fourth-order valence-corrected chi connectivity index (χ4v) is 10.9. The maximum Gasteiger partial charge on any atom is 0.300 e. The van der Waals surface area contributed by atoms with Gasteiger partial charge in [0, 0.05) is 44.2 Å². The van der Waals surface area contributed by atoms with E-state index in [1.54, 1.807) is 30.3 Å². The van der Waals surface area contributed by atoms with E-state index in [0.29, 0.717) is 24.0 Å². The lowest BCUT2D eigenvalue weighted by Crippen LogP contribution is -2.61. The molecule has 2 saturated heterocycles. The summed E-state index contributed by atoms with van der Waals surface area (Å²) < 4.78 is 0. The number of carboxylic acid groups (broad SMARTS) is 1. The van der Waals surface area contributed by atoms with Crippen molar-refractivity contribution in [3.8, 4) is 5.75 Å². The maximum absolute atomic E-state index is 14.8. The highest BCUT2D eigenvalue weighted by atomic mass is 33.1. The number of carbonyl (C=O) groups excluding carboxylic acids is 14. The second kappa shape index (κ2) is 38.9. The third-order valence-electron chi connectivity index (χ3n) is 13.0. The van der Waals surface area contributed by atoms with Crippen molar-refractivity contribution in [1.29, 1.82) is 0 Å². The van der Waals surface area contributed by atoms with Crippen LogP contribution in [0, 0.1) is 0 Å². The average Bonchev–Trinajstić information content (AvgIpc) is 4.20. The molecule has 33 nitrogen and oxygen atoms in total. The Balaban J connectivity index is 0.00000501. The van der Waals surface area contributed by atoms with E-state index in [1.807, 2.05) is 0 Å². The Bertz CT molecular complexity index is 2840. The van der Waals surface area contributed by atoms with Gasteiger partial charge < -0.3 is 96.9 Å². The van der Waals surface area contributed by atoms with E-state index in [-0.39, 0.29) is 56.7 Å². The van der Waals surface area contributed by atoms with E-state index in [4.69, 9.17) is 38.6 Å². The van der Waals surface area contributed by atoms with Gasteiger partial charge in [0.05, 0.1) is 32.6 Å². The van der Waals surface area contributed by atoms with Gasteiger partial charge in [0.25, 0.3) is 5.97 Å². The zero-order valence-electron chi connectivity index (χ0n) is 48.7. The lowest BCUT2D eigenvalue weighted by Gasteiger charge is -2.31. The molecule has 2 aromatic carbocycles. The number of hydrogen-bond acceptors (Lipinski definition) is 20. The summed E-state index contributed by atoms with van der Waals surface area (Å²) in [5.41, 5.74) is 28.1. The van der Waals surface area contributed by atoms with Crippen LogP contribution < -0.4 is 81.8 Å². The van der Waals surface area contributed by atoms with E-state index in [2.05, 4.69) is 53.2 Å². The molecule has 0 radical (unpaired) electrons. The van der Waals surface area contributed by atoms with Crippen LogP contribution in [0.15, 0.2) is 54.6 Å². The maximum atomic E-state index is 14.8. The Kier molecular flexibility index (Phi) is 32.4. The van der Waals surface area contributed by atoms with E-state index >= 15 is 0 Å². The predicted octanol–water partition coefficient (Wildman–Crippen LogP) is -6.89. The number of primary amides is 3. The topological polar surface area (TPSA) is 550 Å². The normalized spacial score (nSPS) is 20.5. The van der Waals surface area contributed by atoms with Crippen LogP contribution in [0.4, 0.5) is 0 Å². The summed E-state index contributed by atoms with van der Waals surface area (Å²) >= 11 is 0. The summed E-state index contributed by atoms with van der Waals surface area (Å²) in [6.45, 7) is -0.927. The monoisotopic (exact) mass is 1290 g/mol. The molecule has 22 N–H and O–H groups in total. The number of aromatic hydroxyl groups is 1. The number of benzene rings is 2. The molecule has 0 aliphatic carbocycles. The second-order valence-corrected chi connectivity index (χ2v) is 22.8. The van der Waals surface area contributed by atoms with Crippen LogP contribution in [0.1, 0.15) is 69.4 Å². The fraction of sp³-hybridized carbons (Fsp3) is 0.500. The second-order valence-electron chi connectivity index (χ2n) is 20.2. The van der Waals surface area contributed by atoms with Crippen LogP contribution in [-0.4, -0.2) is 203 Å². The van der Waals surface area contributed by atoms with Gasteiger partial charge in [0.15, 0.2) is 0 Å². The van der Waals surface area contributed by atoms with Crippen LogP contribution in [-0.2, 0) is 84.8 Å². The summed E-state index contributed by atoms with van der Waals surface area (Å²) in [6, 6.07) is 1.48. The van der Waals surface area contributed by atoms with E-state index in [0.717, 1.165) is 33.4 Å². The van der Waals surface area contributed by atoms with Gasteiger partial charge in [-0.1, -0.05) is 64.1 Å². The molecular weight excluding hydrogens is 1210 g/mol. The summed E-state index contributed by atoms with van der Waals surface area (Å²) in [6.07, 6.45) is -1.13. The number of aliphatic carboxylic acids is 1. The quantitative estimate of drug-likeness (QED) is 0.0324. The van der Waals surface area contributed by atoms with Gasteiger partial charge in [-0.15, -0.1) is 0 Å². The molecule has 2 aliphatic heterocycles. The molecule has 35 heteroatoms. The standard InChI is InChI=1S/C52H74N16O15S2.C2H4O2/c53-17-5-4-9-31(45(76)60-23-41(57)72)63-51(82)38-10-6-18-68(38)52(83)37-27-85-84-26-36(61-44(75)25-59-43(74)24-58-42(73)22-54)50(81)65-34(20-29-11-13-30(69)14-12-29)48(79)64-33(19-28-7-2-1-3-8-28)47(78)62-32(15-16-39(55)70)46(77)66-35(21-40(56)71)49(80)67-37;1-2(3)4/h1-3,7-8,11-14,31-38,69H,4-6,9-10,15-27,53-54H2,(H2,55,70)(H2,56,71)(H2,57,72)(H,58,73)(H,59,74)(H,60,76)(H,61,75)(H,62,78)(H,63,82)(H,64,79)(H,65,81)(H,66,77)(H,67,80);1H3,(H,3,4). The number of phenolic OH excluding ortho intramolecular Hbond substituents is 1. The number of amides is 14. The lowest BCUT2D eigenvalue weighted by atomic mass is 10.0. The van der Waals surface area contributed by atoms with Gasteiger partial charge >= 0.3 is 0 Å². The van der Waals surface area contributed by atoms with Crippen molar-refractivity contribution < 1.29 is 82.1 Å². The van der Waals surface area contributed by atoms with Gasteiger partial charge in [-0.25, -0.2) is 0 Å². The Morgan fingerprint density at radius 2 is 1.19 bits per heavy atom. The molecule has 0 saturated carbocycles. The molecule has 0 spiro atoms. The van der Waals surface area contributed by atoms with E-state index < -0.39 is 188 Å². The smallest absolute Gasteiger partial charge is 0.300 e. The van der Waals surface area contributed by atoms with Crippen LogP contribution in [0.25, 0.3) is 0 Å². The summed E-state index contributed by atoms with van der Waals surface area (Å²) in [5, 5.41) is 42.2. The number of phenols is 1. The first-order chi connectivity index (χ1) is 42.2. The summed E-state index contributed by atoms with van der Waals surface area (Å²) in [7, 11) is 1.73. The van der Waals surface area contributed by atoms with Gasteiger partial charge in [-0.3, -0.25) is 71.9 Å². The van der Waals surface area contributed by atoms with Crippen molar-refractivity contribution in [3.05, 3.63) is 65.7 Å². The largest absolute Gasteiger partial charge is 0.508 e. The first-order valence-corrected chi connectivity index (χ1v) is 30.4. The molecular formula is C54H78N16O17S2. The van der Waals surface area contributed by atoms with E-state index in [1.165, 1.54) is 24.3 Å². The van der Waals surface area contributed by atoms with Gasteiger partial charge in [-0.05, 0) is 68.3 Å². The third kappa shape index (κ3) is 28.1. The highest BCUT2D eigenvalue weighted by molar-refractivity contribution is 8.76. The van der Waals surface area contributed by atoms with Crippen molar-refractivity contribution in [1.82, 2.24) is 58.1 Å². The molecule has 2 aliphatic rings. The number of likely N-dealkylation sites (tertiary alicyclic amines) is 1. The highest BCUT2D eigenvalue weighted by Gasteiger charge is 2.41. The SMILES string of the molecule is CC(=O)O.NCCCCC(NC(=O)C1CCCN1C(=O)C1CSSCC(NC(=O)CNC(=O)CNC(=O)CN)C(=O)NC(Cc2ccc(O)cc2)C(=O)NC(Cc2ccccc2)C(=O)NC(CCC(N)=O)C(=O)NC(CC(N)=O)C(=O)N1)C(=O)NCC(N)=O. The molecule has 8 atom stereocenters. The van der Waals surface area contributed by atoms with Gasteiger partial charge in [-0.2, -0.15) is 0 Å². The molecule has 488 valence electrons. The minimum Gasteiger partial charge on any atom is -0.508 e. The molecule has 89 heavy (non-hydrogen) atoms. The van der Waals surface area contributed by atoms with Crippen LogP contribution >= 0.6 is 21.6 Å². The Labute approximate surface area is 518 Å². The Morgan fingerprint density at radius 3 is 1.79 bits per heavy atom. The van der Waals surface area contributed by atoms with Crippen molar-refractivity contribution >= 4 is 110 Å². The fourth-order valence-electron chi connectivity index (χ4n) is 8.62. The van der Waals surface area contributed by atoms with Crippen molar-refractivity contribution in [2.45, 2.75) is 119 Å². The van der Waals surface area contributed by atoms with Crippen LogP contribution in [0.5, 0.6) is 5.75 Å². The van der Waals surface area contributed by atoms with Gasteiger partial charge in [0.2, 0.25) is 82.7 Å². The molecule has 2 fully saturated rings. The molecule has 8 unspecified atom stereocenters. The first-order valence-electron chi connectivity index (χ1n) is 28.0. The summed E-state index contributed by atoms with van der Waals surface area (Å²) in [5.74, 6) is -14.7. The van der Waals surface area contributed by atoms with Gasteiger partial charge in [0.1, 0.15) is 54.1 Å². The zero-order valence-corrected chi connectivity index (χ0v) is 50.3. The number of nitrogens with two attached hydrogens (primary N) is 5. The molecule has 4 rings (SSSR count). The molecule has 0 aromatic heterocycles. The lowest BCUT2D eigenvalue weighted by molar-refractivity contribution is -0.142. The number of carbonyl (C=O) groups is 15. The Hall–Kier alpha value is -9.09. The minimum absolute atomic E-state index is 0.0517. The molecule has 0 bridgehead atoms. The average molecular weight is 1290 g/mol. The molecule has 2 heterocycles. The molecule has 14 amide bonds. The number of carboxylic acids is 1. The zero-order chi connectivity index (χ0) is 66.2. The third-order valence-corrected chi connectivity index (χ3v) is 15.4. The van der Waals surface area contributed by atoms with Crippen LogP contribution in [0.3, 0.4) is 0 Å². The number of nitrogens with one attached hydrogen (secondary N) is 10. The van der Waals surface area contributed by atoms with Crippen molar-refractivity contribution in [2.24, 2.45) is 28.7 Å². The summed E-state index contributed by atoms with van der Waals surface area (Å²) in [4.78, 5) is 199. The number of rotatable bonds is 25.